The molecule has 1 heterocycles. The normalized spacial score (nSPS) is 26.9. The van der Waals surface area contributed by atoms with E-state index in [1.54, 1.807) is 0 Å². The highest BCUT2D eigenvalue weighted by molar-refractivity contribution is 6.03. The first-order valence-corrected chi connectivity index (χ1v) is 3.98. The molecule has 0 aliphatic carbocycles. The van der Waals surface area contributed by atoms with Gasteiger partial charge in [-0.2, -0.15) is 0 Å². The molecule has 1 fully saturated rings. The van der Waals surface area contributed by atoms with E-state index in [2.05, 4.69) is 5.32 Å². The van der Waals surface area contributed by atoms with Crippen molar-refractivity contribution in [3.63, 3.8) is 0 Å². The Morgan fingerprint density at radius 2 is 2.27 bits per heavy atom. The maximum absolute atomic E-state index is 11.1. The van der Waals surface area contributed by atoms with Gasteiger partial charge < -0.3 is 0 Å². The van der Waals surface area contributed by atoms with E-state index < -0.39 is 0 Å². The largest absolute Gasteiger partial charge is 0.296 e. The molecule has 2 unspecified atom stereocenters. The summed E-state index contributed by atoms with van der Waals surface area (Å²) in [7, 11) is 0. The molecule has 3 nitrogen and oxygen atoms in total. The highest BCUT2D eigenvalue weighted by atomic mass is 16.2. The summed E-state index contributed by atoms with van der Waals surface area (Å²) < 4.78 is 0. The average molecular weight is 155 g/mol. The summed E-state index contributed by atoms with van der Waals surface area (Å²) in [6.45, 7) is 4.03. The monoisotopic (exact) mass is 155 g/mol. The Morgan fingerprint density at radius 3 is 2.64 bits per heavy atom. The van der Waals surface area contributed by atoms with Crippen molar-refractivity contribution in [1.29, 1.82) is 0 Å². The van der Waals surface area contributed by atoms with Crippen LogP contribution in [0.3, 0.4) is 0 Å². The van der Waals surface area contributed by atoms with E-state index in [4.69, 9.17) is 0 Å². The second kappa shape index (κ2) is 3.03. The number of rotatable bonds is 2. The van der Waals surface area contributed by atoms with Crippen molar-refractivity contribution < 1.29 is 9.59 Å². The predicted octanol–water partition coefficient (Wildman–Crippen LogP) is 0.695. The molecule has 0 bridgehead atoms. The number of carbonyl (C=O) groups is 2. The van der Waals surface area contributed by atoms with Gasteiger partial charge in [0.05, 0.1) is 0 Å². The lowest BCUT2D eigenvalue weighted by molar-refractivity contribution is -0.126. The fraction of sp³-hybridized carbons (Fsp3) is 0.750. The molecule has 0 saturated carbocycles. The van der Waals surface area contributed by atoms with Crippen molar-refractivity contribution in [2.45, 2.75) is 26.7 Å². The van der Waals surface area contributed by atoms with Crippen molar-refractivity contribution >= 4 is 11.8 Å². The topological polar surface area (TPSA) is 46.2 Å². The second-order valence-corrected chi connectivity index (χ2v) is 3.11. The molecule has 2 atom stereocenters. The molecule has 11 heavy (non-hydrogen) atoms. The van der Waals surface area contributed by atoms with Gasteiger partial charge in [-0.1, -0.05) is 20.3 Å². The summed E-state index contributed by atoms with van der Waals surface area (Å²) in [6.07, 6.45) is 1.33. The summed E-state index contributed by atoms with van der Waals surface area (Å²) >= 11 is 0. The minimum atomic E-state index is -0.125. The molecule has 0 aromatic heterocycles. The van der Waals surface area contributed by atoms with Gasteiger partial charge in [0.2, 0.25) is 11.8 Å². The van der Waals surface area contributed by atoms with Gasteiger partial charge in [0, 0.05) is 12.3 Å². The van der Waals surface area contributed by atoms with E-state index in [0.29, 0.717) is 12.3 Å². The summed E-state index contributed by atoms with van der Waals surface area (Å²) in [5, 5.41) is 2.30. The highest BCUT2D eigenvalue weighted by Crippen LogP contribution is 2.22. The zero-order chi connectivity index (χ0) is 8.43. The standard InChI is InChI=1S/C8H13NO2/c1-3-5(2)6-4-7(10)9-8(6)11/h5-6H,3-4H2,1-2H3,(H,9,10,11). The summed E-state index contributed by atoms with van der Waals surface area (Å²) in [4.78, 5) is 21.8. The average Bonchev–Trinajstić information content (AvgIpc) is 2.28. The van der Waals surface area contributed by atoms with Crippen LogP contribution < -0.4 is 5.32 Å². The van der Waals surface area contributed by atoms with Crippen molar-refractivity contribution in [3.05, 3.63) is 0 Å². The van der Waals surface area contributed by atoms with E-state index in [1.165, 1.54) is 0 Å². The number of hydrogen-bond acceptors (Lipinski definition) is 2. The fourth-order valence-electron chi connectivity index (χ4n) is 1.32. The van der Waals surface area contributed by atoms with Crippen molar-refractivity contribution in [2.75, 3.05) is 0 Å². The first-order valence-electron chi connectivity index (χ1n) is 3.98. The van der Waals surface area contributed by atoms with Crippen LogP contribution >= 0.6 is 0 Å². The summed E-state index contributed by atoms with van der Waals surface area (Å²) in [6, 6.07) is 0. The Hall–Kier alpha value is -0.860. The van der Waals surface area contributed by atoms with Crippen LogP contribution in [0.25, 0.3) is 0 Å². The first-order chi connectivity index (χ1) is 5.15. The Bertz CT molecular complexity index is 189. The summed E-state index contributed by atoms with van der Waals surface area (Å²) in [5.41, 5.74) is 0. The number of amides is 2. The number of hydrogen-bond donors (Lipinski definition) is 1. The lowest BCUT2D eigenvalue weighted by atomic mass is 9.91. The van der Waals surface area contributed by atoms with Crippen LogP contribution in [0.5, 0.6) is 0 Å². The smallest absolute Gasteiger partial charge is 0.230 e. The number of imide groups is 1. The Morgan fingerprint density at radius 1 is 1.64 bits per heavy atom. The van der Waals surface area contributed by atoms with Crippen LogP contribution in [-0.2, 0) is 9.59 Å². The molecule has 2 amide bonds. The molecule has 1 aliphatic heterocycles. The van der Waals surface area contributed by atoms with Gasteiger partial charge in [0.15, 0.2) is 0 Å². The minimum Gasteiger partial charge on any atom is -0.296 e. The predicted molar refractivity (Wildman–Crippen MR) is 40.7 cm³/mol. The lowest BCUT2D eigenvalue weighted by Gasteiger charge is -2.12. The molecule has 0 aromatic carbocycles. The third-order valence-corrected chi connectivity index (χ3v) is 2.34. The van der Waals surface area contributed by atoms with E-state index >= 15 is 0 Å². The molecular weight excluding hydrogens is 142 g/mol. The Kier molecular flexibility index (Phi) is 2.27. The maximum atomic E-state index is 11.1. The van der Waals surface area contributed by atoms with E-state index in [0.717, 1.165) is 6.42 Å². The number of nitrogens with one attached hydrogen (secondary N) is 1. The SMILES string of the molecule is CCC(C)C1CC(=O)NC1=O. The second-order valence-electron chi connectivity index (χ2n) is 3.11. The van der Waals surface area contributed by atoms with E-state index in [9.17, 15) is 9.59 Å². The van der Waals surface area contributed by atoms with Crippen LogP contribution in [0.15, 0.2) is 0 Å². The maximum Gasteiger partial charge on any atom is 0.230 e. The highest BCUT2D eigenvalue weighted by Gasteiger charge is 2.33. The van der Waals surface area contributed by atoms with Gasteiger partial charge in [-0.15, -0.1) is 0 Å². The van der Waals surface area contributed by atoms with Crippen LogP contribution in [-0.4, -0.2) is 11.8 Å². The van der Waals surface area contributed by atoms with E-state index in [-0.39, 0.29) is 17.7 Å². The molecule has 1 saturated heterocycles. The molecule has 0 aromatic rings. The zero-order valence-corrected chi connectivity index (χ0v) is 6.89. The van der Waals surface area contributed by atoms with Crippen molar-refractivity contribution in [3.8, 4) is 0 Å². The van der Waals surface area contributed by atoms with Gasteiger partial charge in [0.1, 0.15) is 0 Å². The number of carbonyl (C=O) groups excluding carboxylic acids is 2. The van der Waals surface area contributed by atoms with Gasteiger partial charge in [-0.05, 0) is 5.92 Å². The molecule has 0 spiro atoms. The van der Waals surface area contributed by atoms with Crippen molar-refractivity contribution in [1.82, 2.24) is 5.32 Å². The molecule has 0 radical (unpaired) electrons. The van der Waals surface area contributed by atoms with Crippen LogP contribution in [0.1, 0.15) is 26.7 Å². The minimum absolute atomic E-state index is 0.0764. The van der Waals surface area contributed by atoms with Gasteiger partial charge in [-0.3, -0.25) is 14.9 Å². The lowest BCUT2D eigenvalue weighted by Crippen LogP contribution is -2.24. The summed E-state index contributed by atoms with van der Waals surface area (Å²) in [5.74, 6) is 0.0265. The molecule has 1 N–H and O–H groups in total. The van der Waals surface area contributed by atoms with Gasteiger partial charge in [0.25, 0.3) is 0 Å². The molecule has 1 rings (SSSR count). The van der Waals surface area contributed by atoms with Crippen LogP contribution in [0.2, 0.25) is 0 Å². The quantitative estimate of drug-likeness (QED) is 0.596. The molecule has 62 valence electrons. The fourth-order valence-corrected chi connectivity index (χ4v) is 1.32. The molecule has 1 aliphatic rings. The van der Waals surface area contributed by atoms with E-state index in [1.807, 2.05) is 13.8 Å². The third-order valence-electron chi connectivity index (χ3n) is 2.34. The third kappa shape index (κ3) is 1.59. The molecule has 3 heteroatoms. The zero-order valence-electron chi connectivity index (χ0n) is 6.89. The van der Waals surface area contributed by atoms with Crippen molar-refractivity contribution in [2.24, 2.45) is 11.8 Å². The first kappa shape index (κ1) is 8.24. The van der Waals surface area contributed by atoms with Crippen LogP contribution in [0.4, 0.5) is 0 Å². The Labute approximate surface area is 66.2 Å². The van der Waals surface area contributed by atoms with Gasteiger partial charge in [-0.25, -0.2) is 0 Å². The van der Waals surface area contributed by atoms with Gasteiger partial charge >= 0.3 is 0 Å². The Balaban J connectivity index is 2.59. The van der Waals surface area contributed by atoms with Crippen LogP contribution in [0, 0.1) is 11.8 Å². The molecular formula is C8H13NO2.